The first-order chi connectivity index (χ1) is 12.4. The predicted octanol–water partition coefficient (Wildman–Crippen LogP) is 5.03. The summed E-state index contributed by atoms with van der Waals surface area (Å²) >= 11 is 0. The normalized spacial score (nSPS) is 15.3. The lowest BCUT2D eigenvalue weighted by Gasteiger charge is -2.16. The average molecular weight is 330 g/mol. The molecule has 0 N–H and O–H groups in total. The van der Waals surface area contributed by atoms with Gasteiger partial charge in [0, 0.05) is 23.2 Å². The van der Waals surface area contributed by atoms with Gasteiger partial charge in [0.1, 0.15) is 0 Å². The number of aromatic nitrogens is 2. The number of hydrogen-bond acceptors (Lipinski definition) is 2. The molecule has 0 unspecified atom stereocenters. The van der Waals surface area contributed by atoms with Gasteiger partial charge in [-0.25, -0.2) is 0 Å². The Bertz CT molecular complexity index is 879. The van der Waals surface area contributed by atoms with Crippen LogP contribution in [0.25, 0.3) is 22.9 Å². The summed E-state index contributed by atoms with van der Waals surface area (Å²) in [5.41, 5.74) is 7.01. The van der Waals surface area contributed by atoms with Crippen molar-refractivity contribution in [3.8, 4) is 11.3 Å². The number of benzene rings is 2. The molecule has 0 saturated carbocycles. The number of aryl methyl sites for hydroxylation is 1. The molecule has 0 fully saturated rings. The first kappa shape index (κ1) is 15.9. The van der Waals surface area contributed by atoms with Crippen LogP contribution in [0.3, 0.4) is 0 Å². The van der Waals surface area contributed by atoms with Crippen molar-refractivity contribution in [3.63, 3.8) is 0 Å². The molecule has 3 heteroatoms. The maximum absolute atomic E-state index is 5.91. The lowest BCUT2D eigenvalue weighted by atomic mass is 9.99. The van der Waals surface area contributed by atoms with Crippen molar-refractivity contribution in [1.82, 2.24) is 9.78 Å². The molecule has 1 aliphatic heterocycles. The third-order valence-corrected chi connectivity index (χ3v) is 4.48. The molecule has 1 aromatic heterocycles. The van der Waals surface area contributed by atoms with E-state index in [9.17, 15) is 0 Å². The molecule has 2 heterocycles. The molecule has 126 valence electrons. The van der Waals surface area contributed by atoms with Gasteiger partial charge in [-0.1, -0.05) is 67.6 Å². The largest absolute Gasteiger partial charge is 0.372 e. The molecule has 0 radical (unpaired) electrons. The summed E-state index contributed by atoms with van der Waals surface area (Å²) in [5, 5.41) is 4.96. The Kier molecular flexibility index (Phi) is 4.49. The van der Waals surface area contributed by atoms with Gasteiger partial charge in [0.25, 0.3) is 0 Å². The molecule has 0 aliphatic carbocycles. The number of nitrogens with zero attached hydrogens (tertiary/aromatic N) is 2. The summed E-state index contributed by atoms with van der Waals surface area (Å²) in [5.74, 6) is 0. The van der Waals surface area contributed by atoms with Gasteiger partial charge in [-0.3, -0.25) is 4.68 Å². The summed E-state index contributed by atoms with van der Waals surface area (Å²) in [7, 11) is 0. The molecule has 0 bridgehead atoms. The Hall–Kier alpha value is -2.65. The molecule has 1 aliphatic rings. The molecule has 0 spiro atoms. The van der Waals surface area contributed by atoms with Gasteiger partial charge in [-0.2, -0.15) is 5.10 Å². The van der Waals surface area contributed by atoms with Crippen molar-refractivity contribution < 1.29 is 4.74 Å². The maximum Gasteiger partial charge on any atom is 0.0968 e. The van der Waals surface area contributed by atoms with E-state index in [1.807, 2.05) is 12.1 Å². The van der Waals surface area contributed by atoms with Crippen molar-refractivity contribution in [2.75, 3.05) is 6.61 Å². The lowest BCUT2D eigenvalue weighted by molar-refractivity contribution is 0.147. The van der Waals surface area contributed by atoms with Crippen LogP contribution >= 0.6 is 0 Å². The Morgan fingerprint density at radius 2 is 1.72 bits per heavy atom. The van der Waals surface area contributed by atoms with Crippen LogP contribution in [-0.4, -0.2) is 16.4 Å². The quantitative estimate of drug-likeness (QED) is 0.671. The molecule has 0 atom stereocenters. The standard InChI is InChI=1S/C22H22N2O/c1-2-13-24-22(18-11-7-4-8-12-18)20-16-25-15-19(21(20)23-24)14-17-9-5-3-6-10-17/h3-12,14H,2,13,15-16H2,1H3/b19-14-. The number of rotatable bonds is 4. The molecule has 25 heavy (non-hydrogen) atoms. The monoisotopic (exact) mass is 330 g/mol. The van der Waals surface area contributed by atoms with Gasteiger partial charge in [0.15, 0.2) is 0 Å². The van der Waals surface area contributed by atoms with Crippen molar-refractivity contribution in [2.45, 2.75) is 26.5 Å². The minimum absolute atomic E-state index is 0.610. The highest BCUT2D eigenvalue weighted by Crippen LogP contribution is 2.34. The highest BCUT2D eigenvalue weighted by atomic mass is 16.5. The van der Waals surface area contributed by atoms with Crippen LogP contribution in [0.1, 0.15) is 30.2 Å². The van der Waals surface area contributed by atoms with E-state index in [4.69, 9.17) is 9.84 Å². The molecule has 0 amide bonds. The summed E-state index contributed by atoms with van der Waals surface area (Å²) in [6.45, 7) is 4.33. The lowest BCUT2D eigenvalue weighted by Crippen LogP contribution is -2.08. The highest BCUT2D eigenvalue weighted by molar-refractivity contribution is 5.85. The second-order valence-electron chi connectivity index (χ2n) is 6.34. The highest BCUT2D eigenvalue weighted by Gasteiger charge is 2.25. The van der Waals surface area contributed by atoms with E-state index in [-0.39, 0.29) is 0 Å². The fraction of sp³-hybridized carbons (Fsp3) is 0.227. The van der Waals surface area contributed by atoms with E-state index >= 15 is 0 Å². The Labute approximate surface area is 148 Å². The minimum Gasteiger partial charge on any atom is -0.372 e. The summed E-state index contributed by atoms with van der Waals surface area (Å²) in [4.78, 5) is 0. The van der Waals surface area contributed by atoms with Crippen LogP contribution in [0.15, 0.2) is 60.7 Å². The van der Waals surface area contributed by atoms with E-state index in [2.05, 4.69) is 66.2 Å². The summed E-state index contributed by atoms with van der Waals surface area (Å²) in [6.07, 6.45) is 3.25. The molecule has 2 aromatic carbocycles. The zero-order valence-corrected chi connectivity index (χ0v) is 14.5. The fourth-order valence-corrected chi connectivity index (χ4v) is 3.38. The van der Waals surface area contributed by atoms with E-state index < -0.39 is 0 Å². The van der Waals surface area contributed by atoms with Gasteiger partial charge in [-0.05, 0) is 18.1 Å². The van der Waals surface area contributed by atoms with Gasteiger partial charge in [0.2, 0.25) is 0 Å². The zero-order valence-electron chi connectivity index (χ0n) is 14.5. The second-order valence-corrected chi connectivity index (χ2v) is 6.34. The number of fused-ring (bicyclic) bond motifs is 1. The Morgan fingerprint density at radius 3 is 2.44 bits per heavy atom. The summed E-state index contributed by atoms with van der Waals surface area (Å²) in [6, 6.07) is 20.9. The Balaban J connectivity index is 1.85. The van der Waals surface area contributed by atoms with Crippen LogP contribution in [0.5, 0.6) is 0 Å². The van der Waals surface area contributed by atoms with Crippen molar-refractivity contribution >= 4 is 11.6 Å². The third-order valence-electron chi connectivity index (χ3n) is 4.48. The maximum atomic E-state index is 5.91. The second kappa shape index (κ2) is 7.08. The molecular formula is C22H22N2O. The van der Waals surface area contributed by atoms with E-state index in [1.54, 1.807) is 0 Å². The van der Waals surface area contributed by atoms with Crippen molar-refractivity contribution in [3.05, 3.63) is 77.5 Å². The average Bonchev–Trinajstić information content (AvgIpc) is 3.03. The molecule has 3 aromatic rings. The smallest absolute Gasteiger partial charge is 0.0968 e. The zero-order chi connectivity index (χ0) is 17.1. The van der Waals surface area contributed by atoms with Crippen LogP contribution in [-0.2, 0) is 17.9 Å². The first-order valence-corrected chi connectivity index (χ1v) is 8.85. The third kappa shape index (κ3) is 3.15. The van der Waals surface area contributed by atoms with E-state index in [0.29, 0.717) is 13.2 Å². The Morgan fingerprint density at radius 1 is 1.00 bits per heavy atom. The molecular weight excluding hydrogens is 308 g/mol. The van der Waals surface area contributed by atoms with Gasteiger partial charge >= 0.3 is 0 Å². The first-order valence-electron chi connectivity index (χ1n) is 8.85. The molecule has 4 rings (SSSR count). The van der Waals surface area contributed by atoms with Crippen molar-refractivity contribution in [1.29, 1.82) is 0 Å². The number of ether oxygens (including phenoxy) is 1. The van der Waals surface area contributed by atoms with E-state index in [0.717, 1.165) is 24.2 Å². The number of hydrogen-bond donors (Lipinski definition) is 0. The van der Waals surface area contributed by atoms with Crippen LogP contribution < -0.4 is 0 Å². The van der Waals surface area contributed by atoms with Crippen LogP contribution in [0.4, 0.5) is 0 Å². The van der Waals surface area contributed by atoms with Crippen LogP contribution in [0, 0.1) is 0 Å². The SMILES string of the molecule is CCCn1nc2c(c1-c1ccccc1)COC/C2=C/c1ccccc1. The van der Waals surface area contributed by atoms with Gasteiger partial charge in [0.05, 0.1) is 24.6 Å². The van der Waals surface area contributed by atoms with Crippen molar-refractivity contribution in [2.24, 2.45) is 0 Å². The van der Waals surface area contributed by atoms with E-state index in [1.165, 1.54) is 22.4 Å². The molecule has 0 saturated heterocycles. The van der Waals surface area contributed by atoms with Gasteiger partial charge < -0.3 is 4.74 Å². The van der Waals surface area contributed by atoms with Gasteiger partial charge in [-0.15, -0.1) is 0 Å². The predicted molar refractivity (Wildman–Crippen MR) is 102 cm³/mol. The van der Waals surface area contributed by atoms with Crippen LogP contribution in [0.2, 0.25) is 0 Å². The topological polar surface area (TPSA) is 27.1 Å². The molecule has 3 nitrogen and oxygen atoms in total. The fourth-order valence-electron chi connectivity index (χ4n) is 3.38. The summed E-state index contributed by atoms with van der Waals surface area (Å²) < 4.78 is 8.06. The minimum atomic E-state index is 0.610.